The molecule has 0 aromatic heterocycles. The van der Waals surface area contributed by atoms with E-state index in [1.807, 2.05) is 30.3 Å². The summed E-state index contributed by atoms with van der Waals surface area (Å²) in [6, 6.07) is 11.5. The molecule has 0 heterocycles. The van der Waals surface area contributed by atoms with E-state index in [1.54, 1.807) is 6.92 Å². The zero-order chi connectivity index (χ0) is 22.9. The van der Waals surface area contributed by atoms with Crippen LogP contribution in [0.25, 0.3) is 0 Å². The summed E-state index contributed by atoms with van der Waals surface area (Å²) < 4.78 is 79.1. The topological polar surface area (TPSA) is 21.6 Å². The molecule has 3 rings (SSSR count). The van der Waals surface area contributed by atoms with Gasteiger partial charge in [-0.05, 0) is 60.9 Å². The Morgan fingerprint density at radius 2 is 1.48 bits per heavy atom. The normalized spacial score (nSPS) is 20.2. The molecule has 0 radical (unpaired) electrons. The third kappa shape index (κ3) is 5.22. The van der Waals surface area contributed by atoms with Crippen LogP contribution in [0.5, 0.6) is 0 Å². The highest BCUT2D eigenvalue weighted by Crippen LogP contribution is 2.47. The molecule has 1 atom stereocenters. The Bertz CT molecular complexity index is 893. The van der Waals surface area contributed by atoms with Gasteiger partial charge in [0.2, 0.25) is 0 Å². The van der Waals surface area contributed by atoms with Gasteiger partial charge in [0.05, 0.1) is 16.8 Å². The largest absolute Gasteiger partial charge is 0.416 e. The van der Waals surface area contributed by atoms with Crippen molar-refractivity contribution in [1.29, 1.82) is 0 Å². The van der Waals surface area contributed by atoms with Gasteiger partial charge in [-0.15, -0.1) is 0 Å². The summed E-state index contributed by atoms with van der Waals surface area (Å²) >= 11 is 0. The van der Waals surface area contributed by atoms with Crippen LogP contribution in [0, 0.1) is 0 Å². The van der Waals surface area contributed by atoms with Gasteiger partial charge in [0.1, 0.15) is 7.11 Å². The van der Waals surface area contributed by atoms with Crippen LogP contribution >= 0.6 is 0 Å². The number of rotatable bonds is 6. The second kappa shape index (κ2) is 8.55. The fraction of sp³-hybridized carbons (Fsp3) is 0.435. The van der Waals surface area contributed by atoms with Gasteiger partial charge in [-0.25, -0.2) is 0 Å². The van der Waals surface area contributed by atoms with Crippen LogP contribution in [-0.2, 0) is 22.6 Å². The lowest BCUT2D eigenvalue weighted by Gasteiger charge is -2.43. The third-order valence-electron chi connectivity index (χ3n) is 5.93. The predicted octanol–water partition coefficient (Wildman–Crippen LogP) is 7.34. The van der Waals surface area contributed by atoms with Crippen LogP contribution in [0.2, 0.25) is 0 Å². The smallest absolute Gasteiger partial charge is 0.399 e. The SMILES string of the molecule is CON=C1CC(CC[C@H](C)c2cc(C(F)(F)F)cc(C(F)(F)F)c2)(c2ccccc2)C1. The molecule has 0 bridgehead atoms. The van der Waals surface area contributed by atoms with Gasteiger partial charge in [0, 0.05) is 5.41 Å². The van der Waals surface area contributed by atoms with E-state index in [-0.39, 0.29) is 17.0 Å². The summed E-state index contributed by atoms with van der Waals surface area (Å²) in [4.78, 5) is 4.83. The molecule has 1 aliphatic carbocycles. The van der Waals surface area contributed by atoms with Gasteiger partial charge in [-0.2, -0.15) is 26.3 Å². The van der Waals surface area contributed by atoms with E-state index in [1.165, 1.54) is 7.11 Å². The summed E-state index contributed by atoms with van der Waals surface area (Å²) in [6.45, 7) is 1.66. The Hall–Kier alpha value is -2.51. The van der Waals surface area contributed by atoms with Crippen molar-refractivity contribution in [2.45, 2.75) is 56.3 Å². The molecule has 31 heavy (non-hydrogen) atoms. The van der Waals surface area contributed by atoms with Gasteiger partial charge in [-0.3, -0.25) is 0 Å². The summed E-state index contributed by atoms with van der Waals surface area (Å²) in [5.74, 6) is -0.479. The summed E-state index contributed by atoms with van der Waals surface area (Å²) in [5.41, 5.74) is -0.799. The lowest BCUT2D eigenvalue weighted by Crippen LogP contribution is -2.42. The maximum absolute atomic E-state index is 13.2. The molecule has 168 valence electrons. The molecule has 1 saturated carbocycles. The molecule has 0 saturated heterocycles. The molecule has 0 spiro atoms. The molecule has 2 aromatic carbocycles. The average molecular weight is 443 g/mol. The molecule has 2 aromatic rings. The number of halogens is 6. The molecule has 2 nitrogen and oxygen atoms in total. The minimum atomic E-state index is -4.85. The lowest BCUT2D eigenvalue weighted by molar-refractivity contribution is -0.143. The summed E-state index contributed by atoms with van der Waals surface area (Å²) in [6.07, 6.45) is -7.35. The monoisotopic (exact) mass is 443 g/mol. The Labute approximate surface area is 176 Å². The minimum absolute atomic E-state index is 0.0375. The first-order valence-electron chi connectivity index (χ1n) is 9.88. The van der Waals surface area contributed by atoms with E-state index in [0.717, 1.165) is 23.4 Å². The highest BCUT2D eigenvalue weighted by atomic mass is 19.4. The Morgan fingerprint density at radius 3 is 1.97 bits per heavy atom. The molecular formula is C23H23F6NO. The van der Waals surface area contributed by atoms with E-state index in [9.17, 15) is 26.3 Å². The van der Waals surface area contributed by atoms with Crippen molar-refractivity contribution in [2.75, 3.05) is 7.11 Å². The number of hydrogen-bond donors (Lipinski definition) is 0. The Balaban J connectivity index is 1.85. The second-order valence-electron chi connectivity index (χ2n) is 8.12. The molecule has 8 heteroatoms. The second-order valence-corrected chi connectivity index (χ2v) is 8.12. The van der Waals surface area contributed by atoms with Crippen LogP contribution in [-0.4, -0.2) is 12.8 Å². The predicted molar refractivity (Wildman–Crippen MR) is 106 cm³/mol. The molecular weight excluding hydrogens is 420 g/mol. The first-order chi connectivity index (χ1) is 14.4. The standard InChI is InChI=1S/C23H23F6NO/c1-15(16-10-18(22(24,25)26)12-19(11-16)23(27,28)29)8-9-21(13-20(14-21)30-31-2)17-6-4-3-5-7-17/h3-7,10-12,15H,8-9,13-14H2,1-2H3/t15-,21?/m0/s1. The maximum Gasteiger partial charge on any atom is 0.416 e. The van der Waals surface area contributed by atoms with Crippen molar-refractivity contribution < 1.29 is 31.2 Å². The zero-order valence-corrected chi connectivity index (χ0v) is 17.1. The van der Waals surface area contributed by atoms with Crippen molar-refractivity contribution >= 4 is 5.71 Å². The van der Waals surface area contributed by atoms with Crippen molar-refractivity contribution in [2.24, 2.45) is 5.16 Å². The van der Waals surface area contributed by atoms with E-state index >= 15 is 0 Å². The number of alkyl halides is 6. The van der Waals surface area contributed by atoms with Crippen molar-refractivity contribution in [1.82, 2.24) is 0 Å². The molecule has 0 aliphatic heterocycles. The van der Waals surface area contributed by atoms with Crippen LogP contribution in [0.3, 0.4) is 0 Å². The molecule has 0 amide bonds. The number of oxime groups is 1. The zero-order valence-electron chi connectivity index (χ0n) is 17.1. The minimum Gasteiger partial charge on any atom is -0.399 e. The van der Waals surface area contributed by atoms with Crippen LogP contribution in [0.4, 0.5) is 26.3 Å². The van der Waals surface area contributed by atoms with E-state index in [4.69, 9.17) is 4.84 Å². The van der Waals surface area contributed by atoms with Gasteiger partial charge in [0.25, 0.3) is 0 Å². The Kier molecular flexibility index (Phi) is 6.39. The highest BCUT2D eigenvalue weighted by Gasteiger charge is 2.44. The van der Waals surface area contributed by atoms with Crippen LogP contribution in [0.15, 0.2) is 53.7 Å². The van der Waals surface area contributed by atoms with Crippen LogP contribution < -0.4 is 0 Å². The molecule has 1 fully saturated rings. The van der Waals surface area contributed by atoms with Crippen LogP contribution in [0.1, 0.15) is 60.8 Å². The molecule has 0 N–H and O–H groups in total. The van der Waals surface area contributed by atoms with Gasteiger partial charge >= 0.3 is 12.4 Å². The average Bonchev–Trinajstić information content (AvgIpc) is 2.68. The fourth-order valence-corrected chi connectivity index (χ4v) is 4.16. The van der Waals surface area contributed by atoms with Crippen molar-refractivity contribution in [3.05, 3.63) is 70.8 Å². The summed E-state index contributed by atoms with van der Waals surface area (Å²) in [7, 11) is 1.46. The number of nitrogens with zero attached hydrogens (tertiary/aromatic N) is 1. The first-order valence-corrected chi connectivity index (χ1v) is 9.88. The number of hydrogen-bond acceptors (Lipinski definition) is 2. The van der Waals surface area contributed by atoms with E-state index < -0.39 is 29.4 Å². The number of benzene rings is 2. The van der Waals surface area contributed by atoms with Crippen molar-refractivity contribution in [3.8, 4) is 0 Å². The first kappa shape index (κ1) is 23.2. The fourth-order valence-electron chi connectivity index (χ4n) is 4.16. The van der Waals surface area contributed by atoms with Gasteiger partial charge < -0.3 is 4.84 Å². The van der Waals surface area contributed by atoms with Gasteiger partial charge in [0.15, 0.2) is 0 Å². The quantitative estimate of drug-likeness (QED) is 0.338. The summed E-state index contributed by atoms with van der Waals surface area (Å²) in [5, 5.41) is 3.98. The lowest BCUT2D eigenvalue weighted by atomic mass is 9.60. The molecule has 0 unspecified atom stereocenters. The maximum atomic E-state index is 13.2. The van der Waals surface area contributed by atoms with Gasteiger partial charge in [-0.1, -0.05) is 42.4 Å². The highest BCUT2D eigenvalue weighted by molar-refractivity contribution is 5.93. The van der Waals surface area contributed by atoms with E-state index in [2.05, 4.69) is 5.16 Å². The molecule has 1 aliphatic rings. The Morgan fingerprint density at radius 1 is 0.935 bits per heavy atom. The van der Waals surface area contributed by atoms with E-state index in [0.29, 0.717) is 25.7 Å². The van der Waals surface area contributed by atoms with Crippen molar-refractivity contribution in [3.63, 3.8) is 0 Å². The third-order valence-corrected chi connectivity index (χ3v) is 5.93.